The van der Waals surface area contributed by atoms with Crippen LogP contribution in [-0.2, 0) is 12.6 Å². The summed E-state index contributed by atoms with van der Waals surface area (Å²) in [5.74, 6) is -0.978. The predicted molar refractivity (Wildman–Crippen MR) is 49.1 cm³/mol. The van der Waals surface area contributed by atoms with Gasteiger partial charge in [0.1, 0.15) is 5.82 Å². The van der Waals surface area contributed by atoms with Crippen LogP contribution < -0.4 is 5.73 Å². The van der Waals surface area contributed by atoms with Gasteiger partial charge in [-0.25, -0.2) is 13.2 Å². The first-order chi connectivity index (χ1) is 7.71. The molecule has 0 aliphatic rings. The maximum Gasteiger partial charge on any atom is 0.416 e. The summed E-state index contributed by atoms with van der Waals surface area (Å²) in [6, 6.07) is -0.0475. The molecule has 1 aromatic carbocycles. The van der Waals surface area contributed by atoms with E-state index in [0.717, 1.165) is 0 Å². The van der Waals surface area contributed by atoms with Crippen molar-refractivity contribution in [2.45, 2.75) is 25.1 Å². The molecule has 0 bridgehead atoms. The molecule has 0 aliphatic heterocycles. The molecule has 0 fully saturated rings. The van der Waals surface area contributed by atoms with Crippen molar-refractivity contribution in [1.82, 2.24) is 0 Å². The molecule has 1 unspecified atom stereocenters. The van der Waals surface area contributed by atoms with Crippen LogP contribution in [0.4, 0.5) is 26.3 Å². The molecular weight excluding hydrogens is 248 g/mol. The van der Waals surface area contributed by atoms with Crippen LogP contribution in [0.25, 0.3) is 0 Å². The monoisotopic (exact) mass is 257 g/mol. The van der Waals surface area contributed by atoms with Crippen molar-refractivity contribution < 1.29 is 26.3 Å². The van der Waals surface area contributed by atoms with Crippen molar-refractivity contribution >= 4 is 0 Å². The van der Waals surface area contributed by atoms with E-state index >= 15 is 0 Å². The third-order valence-electron chi connectivity index (χ3n) is 2.15. The minimum atomic E-state index is -4.64. The number of hydrogen-bond acceptors (Lipinski definition) is 1. The zero-order valence-corrected chi connectivity index (χ0v) is 8.44. The Morgan fingerprint density at radius 2 is 1.76 bits per heavy atom. The van der Waals surface area contributed by atoms with Crippen molar-refractivity contribution in [3.05, 3.63) is 35.1 Å². The van der Waals surface area contributed by atoms with E-state index in [9.17, 15) is 26.3 Å². The average molecular weight is 257 g/mol. The van der Waals surface area contributed by atoms with Gasteiger partial charge in [-0.05, 0) is 30.2 Å². The number of nitrogens with two attached hydrogens (primary N) is 1. The lowest BCUT2D eigenvalue weighted by atomic mass is 10.0. The highest BCUT2D eigenvalue weighted by atomic mass is 19.4. The van der Waals surface area contributed by atoms with Gasteiger partial charge >= 0.3 is 6.18 Å². The van der Waals surface area contributed by atoms with Crippen LogP contribution in [0.3, 0.4) is 0 Å². The van der Waals surface area contributed by atoms with E-state index in [1.807, 2.05) is 0 Å². The molecule has 1 rings (SSSR count). The lowest BCUT2D eigenvalue weighted by Crippen LogP contribution is -2.31. The lowest BCUT2D eigenvalue weighted by Gasteiger charge is -2.13. The summed E-state index contributed by atoms with van der Waals surface area (Å²) >= 11 is 0. The smallest absolute Gasteiger partial charge is 0.323 e. The summed E-state index contributed by atoms with van der Waals surface area (Å²) in [6.07, 6.45) is -8.20. The second-order valence-electron chi connectivity index (χ2n) is 3.51. The highest BCUT2D eigenvalue weighted by Gasteiger charge is 2.31. The number of halogens is 6. The van der Waals surface area contributed by atoms with Gasteiger partial charge in [0, 0.05) is 0 Å². The van der Waals surface area contributed by atoms with Crippen LogP contribution in [0.1, 0.15) is 11.1 Å². The minimum Gasteiger partial charge on any atom is -0.323 e. The van der Waals surface area contributed by atoms with Gasteiger partial charge in [-0.2, -0.15) is 13.2 Å². The SMILES string of the molecule is NC(Cc1cc(C(F)(F)F)ccc1F)C(F)F. The quantitative estimate of drug-likeness (QED) is 0.828. The Morgan fingerprint density at radius 1 is 1.18 bits per heavy atom. The van der Waals surface area contributed by atoms with Crippen LogP contribution >= 0.6 is 0 Å². The molecule has 0 aliphatic carbocycles. The molecule has 1 aromatic rings. The summed E-state index contributed by atoms with van der Waals surface area (Å²) in [5.41, 5.74) is 3.43. The van der Waals surface area contributed by atoms with E-state index in [1.54, 1.807) is 0 Å². The van der Waals surface area contributed by atoms with Gasteiger partial charge < -0.3 is 5.73 Å². The first-order valence-corrected chi connectivity index (χ1v) is 4.61. The van der Waals surface area contributed by atoms with E-state index in [4.69, 9.17) is 5.73 Å². The number of hydrogen-bond donors (Lipinski definition) is 1. The van der Waals surface area contributed by atoms with Crippen LogP contribution in [0, 0.1) is 5.82 Å². The number of benzene rings is 1. The zero-order valence-electron chi connectivity index (χ0n) is 8.44. The molecule has 1 atom stereocenters. The van der Waals surface area contributed by atoms with Crippen molar-refractivity contribution in [1.29, 1.82) is 0 Å². The second kappa shape index (κ2) is 4.95. The summed E-state index contributed by atoms with van der Waals surface area (Å²) in [5, 5.41) is 0. The number of rotatable bonds is 3. The van der Waals surface area contributed by atoms with Crippen molar-refractivity contribution in [3.8, 4) is 0 Å². The second-order valence-corrected chi connectivity index (χ2v) is 3.51. The maximum atomic E-state index is 13.1. The van der Waals surface area contributed by atoms with Crippen molar-refractivity contribution in [2.24, 2.45) is 5.73 Å². The van der Waals surface area contributed by atoms with E-state index in [-0.39, 0.29) is 0 Å². The molecule has 0 heterocycles. The molecule has 0 aromatic heterocycles. The van der Waals surface area contributed by atoms with Gasteiger partial charge in [0.2, 0.25) is 0 Å². The van der Waals surface area contributed by atoms with E-state index < -0.39 is 42.0 Å². The van der Waals surface area contributed by atoms with Gasteiger partial charge in [-0.15, -0.1) is 0 Å². The molecule has 0 saturated carbocycles. The molecule has 0 saturated heterocycles. The molecule has 1 nitrogen and oxygen atoms in total. The topological polar surface area (TPSA) is 26.0 Å². The Bertz CT molecular complexity index is 387. The van der Waals surface area contributed by atoms with Gasteiger partial charge in [-0.1, -0.05) is 0 Å². The van der Waals surface area contributed by atoms with Crippen LogP contribution in [0.15, 0.2) is 18.2 Å². The molecule has 0 spiro atoms. The van der Waals surface area contributed by atoms with E-state index in [2.05, 4.69) is 0 Å². The lowest BCUT2D eigenvalue weighted by molar-refractivity contribution is -0.137. The molecular formula is C10H9F6N. The largest absolute Gasteiger partial charge is 0.416 e. The fourth-order valence-electron chi connectivity index (χ4n) is 1.25. The highest BCUT2D eigenvalue weighted by Crippen LogP contribution is 2.30. The first-order valence-electron chi connectivity index (χ1n) is 4.61. The normalized spacial score (nSPS) is 14.1. The Kier molecular flexibility index (Phi) is 4.03. The summed E-state index contributed by atoms with van der Waals surface area (Å²) in [7, 11) is 0. The van der Waals surface area contributed by atoms with Gasteiger partial charge in [0.15, 0.2) is 0 Å². The van der Waals surface area contributed by atoms with Crippen LogP contribution in [0.5, 0.6) is 0 Å². The zero-order chi connectivity index (χ0) is 13.2. The standard InChI is InChI=1S/C10H9F6N/c11-7-2-1-6(10(14,15)16)3-5(7)4-8(17)9(12)13/h1-3,8-9H,4,17H2. The summed E-state index contributed by atoms with van der Waals surface area (Å²) < 4.78 is 74.2. The minimum absolute atomic E-state index is 0.465. The summed E-state index contributed by atoms with van der Waals surface area (Å²) in [6.45, 7) is 0. The van der Waals surface area contributed by atoms with Crippen molar-refractivity contribution in [2.75, 3.05) is 0 Å². The Morgan fingerprint density at radius 3 is 2.24 bits per heavy atom. The third kappa shape index (κ3) is 3.62. The van der Waals surface area contributed by atoms with E-state index in [0.29, 0.717) is 18.2 Å². The van der Waals surface area contributed by atoms with Gasteiger partial charge in [0.05, 0.1) is 11.6 Å². The van der Waals surface area contributed by atoms with Gasteiger partial charge in [-0.3, -0.25) is 0 Å². The van der Waals surface area contributed by atoms with Crippen molar-refractivity contribution in [3.63, 3.8) is 0 Å². The van der Waals surface area contributed by atoms with E-state index in [1.165, 1.54) is 0 Å². The molecule has 2 N–H and O–H groups in total. The molecule has 0 amide bonds. The summed E-state index contributed by atoms with van der Waals surface area (Å²) in [4.78, 5) is 0. The fourth-order valence-corrected chi connectivity index (χ4v) is 1.25. The molecule has 17 heavy (non-hydrogen) atoms. The van der Waals surface area contributed by atoms with Gasteiger partial charge in [0.25, 0.3) is 6.43 Å². The first kappa shape index (κ1) is 13.8. The Balaban J connectivity index is 2.99. The molecule has 0 radical (unpaired) electrons. The Labute approximate surface area is 93.2 Å². The third-order valence-corrected chi connectivity index (χ3v) is 2.15. The maximum absolute atomic E-state index is 13.1. The Hall–Kier alpha value is -1.24. The number of alkyl halides is 5. The van der Waals surface area contributed by atoms with Crippen LogP contribution in [0.2, 0.25) is 0 Å². The average Bonchev–Trinajstić information content (AvgIpc) is 2.19. The fraction of sp³-hybridized carbons (Fsp3) is 0.400. The van der Waals surface area contributed by atoms with Crippen LogP contribution in [-0.4, -0.2) is 12.5 Å². The molecule has 96 valence electrons. The highest BCUT2D eigenvalue weighted by molar-refractivity contribution is 5.27. The predicted octanol–water partition coefficient (Wildman–Crippen LogP) is 2.98. The molecule has 7 heteroatoms.